The summed E-state index contributed by atoms with van der Waals surface area (Å²) in [6.45, 7) is 1.69. The van der Waals surface area contributed by atoms with E-state index >= 15 is 0 Å². The zero-order chi connectivity index (χ0) is 26.4. The molecule has 0 spiro atoms. The van der Waals surface area contributed by atoms with Gasteiger partial charge < -0.3 is 20.5 Å². The lowest BCUT2D eigenvalue weighted by Gasteiger charge is -2.20. The standard InChI is InChI=1S/C25H26ClFN6O4/c1-37-21-14-30-22(16-12-15(26)5-6-18(16)27)32-23(21)31-19-7-9-28-13-17(19)24(34)29-8-3-11-33-10-2-4-20(33)25(35)36/h5-7,9,12-14,20H,2-4,8,10-11H2,1H3,(H,29,34)(H,35,36)(H,28,30,31,32). The van der Waals surface area contributed by atoms with E-state index in [0.717, 1.165) is 13.0 Å². The zero-order valence-electron chi connectivity index (χ0n) is 20.1. The first-order valence-electron chi connectivity index (χ1n) is 11.7. The molecule has 37 heavy (non-hydrogen) atoms. The van der Waals surface area contributed by atoms with Crippen LogP contribution < -0.4 is 15.4 Å². The number of rotatable bonds is 10. The third kappa shape index (κ3) is 6.30. The van der Waals surface area contributed by atoms with Crippen molar-refractivity contribution in [1.82, 2.24) is 25.2 Å². The summed E-state index contributed by atoms with van der Waals surface area (Å²) in [6, 6.07) is 5.24. The Labute approximate surface area is 217 Å². The minimum atomic E-state index is -0.811. The number of hydrogen-bond acceptors (Lipinski definition) is 8. The van der Waals surface area contributed by atoms with Crippen molar-refractivity contribution in [1.29, 1.82) is 0 Å². The molecule has 1 aliphatic heterocycles. The van der Waals surface area contributed by atoms with Gasteiger partial charge >= 0.3 is 5.97 Å². The van der Waals surface area contributed by atoms with Gasteiger partial charge in [0.2, 0.25) is 0 Å². The summed E-state index contributed by atoms with van der Waals surface area (Å²) < 4.78 is 19.7. The first-order chi connectivity index (χ1) is 17.9. The second kappa shape index (κ2) is 11.9. The summed E-state index contributed by atoms with van der Waals surface area (Å²) in [5.74, 6) is -1.11. The Kier molecular flexibility index (Phi) is 8.47. The molecule has 1 aromatic carbocycles. The third-order valence-electron chi connectivity index (χ3n) is 6.02. The molecule has 4 rings (SSSR count). The maximum atomic E-state index is 14.4. The lowest BCUT2D eigenvalue weighted by atomic mass is 10.2. The number of nitrogens with one attached hydrogen (secondary N) is 2. The van der Waals surface area contributed by atoms with Crippen LogP contribution in [0, 0.1) is 5.82 Å². The molecule has 3 aromatic rings. The molecule has 10 nitrogen and oxygen atoms in total. The number of pyridine rings is 1. The second-order valence-electron chi connectivity index (χ2n) is 8.42. The molecule has 3 N–H and O–H groups in total. The highest BCUT2D eigenvalue weighted by molar-refractivity contribution is 6.30. The topological polar surface area (TPSA) is 130 Å². The highest BCUT2D eigenvalue weighted by Gasteiger charge is 2.29. The van der Waals surface area contributed by atoms with E-state index in [-0.39, 0.29) is 34.4 Å². The number of amides is 1. The van der Waals surface area contributed by atoms with E-state index in [1.165, 1.54) is 43.9 Å². The van der Waals surface area contributed by atoms with Crippen LogP contribution in [0.1, 0.15) is 29.6 Å². The lowest BCUT2D eigenvalue weighted by Crippen LogP contribution is -2.37. The van der Waals surface area contributed by atoms with Crippen LogP contribution in [-0.4, -0.2) is 69.6 Å². The van der Waals surface area contributed by atoms with Crippen molar-refractivity contribution in [2.75, 3.05) is 32.1 Å². The molecular weight excluding hydrogens is 503 g/mol. The van der Waals surface area contributed by atoms with Crippen molar-refractivity contribution in [3.8, 4) is 17.1 Å². The van der Waals surface area contributed by atoms with Crippen LogP contribution in [0.3, 0.4) is 0 Å². The number of likely N-dealkylation sites (tertiary alicyclic amines) is 1. The van der Waals surface area contributed by atoms with Crippen molar-refractivity contribution in [2.45, 2.75) is 25.3 Å². The predicted octanol–water partition coefficient (Wildman–Crippen LogP) is 3.75. The normalized spacial score (nSPS) is 15.4. The SMILES string of the molecule is COc1cnc(-c2cc(Cl)ccc2F)nc1Nc1ccncc1C(=O)NCCCN1CCCC1C(=O)O. The van der Waals surface area contributed by atoms with Crippen LogP contribution in [0.4, 0.5) is 15.9 Å². The molecule has 1 fully saturated rings. The number of benzene rings is 1. The van der Waals surface area contributed by atoms with Crippen molar-refractivity contribution in [2.24, 2.45) is 0 Å². The van der Waals surface area contributed by atoms with Crippen LogP contribution in [0.25, 0.3) is 11.4 Å². The monoisotopic (exact) mass is 528 g/mol. The number of methoxy groups -OCH3 is 1. The molecule has 0 aliphatic carbocycles. The number of aromatic nitrogens is 3. The largest absolute Gasteiger partial charge is 0.491 e. The number of halogens is 2. The fraction of sp³-hybridized carbons (Fsp3) is 0.320. The number of anilines is 2. The number of hydrogen-bond donors (Lipinski definition) is 3. The Bertz CT molecular complexity index is 1290. The van der Waals surface area contributed by atoms with E-state index in [9.17, 15) is 19.1 Å². The van der Waals surface area contributed by atoms with Crippen molar-refractivity contribution < 1.29 is 23.8 Å². The zero-order valence-corrected chi connectivity index (χ0v) is 20.8. The third-order valence-corrected chi connectivity index (χ3v) is 6.25. The van der Waals surface area contributed by atoms with E-state index in [1.54, 1.807) is 6.07 Å². The van der Waals surface area contributed by atoms with E-state index in [1.807, 2.05) is 4.90 Å². The summed E-state index contributed by atoms with van der Waals surface area (Å²) in [5.41, 5.74) is 0.796. The summed E-state index contributed by atoms with van der Waals surface area (Å²) in [5, 5.41) is 15.6. The van der Waals surface area contributed by atoms with E-state index < -0.39 is 17.8 Å². The fourth-order valence-electron chi connectivity index (χ4n) is 4.17. The van der Waals surface area contributed by atoms with Crippen LogP contribution >= 0.6 is 11.6 Å². The van der Waals surface area contributed by atoms with Gasteiger partial charge in [-0.2, -0.15) is 0 Å². The minimum Gasteiger partial charge on any atom is -0.491 e. The molecule has 2 aromatic heterocycles. The summed E-state index contributed by atoms with van der Waals surface area (Å²) in [7, 11) is 1.44. The highest BCUT2D eigenvalue weighted by Crippen LogP contribution is 2.30. The van der Waals surface area contributed by atoms with Gasteiger partial charge in [-0.25, -0.2) is 14.4 Å². The van der Waals surface area contributed by atoms with Crippen LogP contribution in [0.2, 0.25) is 5.02 Å². The van der Waals surface area contributed by atoms with Gasteiger partial charge in [0.05, 0.1) is 30.1 Å². The molecule has 194 valence electrons. The molecule has 12 heteroatoms. The molecule has 1 aliphatic rings. The first-order valence-corrected chi connectivity index (χ1v) is 12.1. The fourth-order valence-corrected chi connectivity index (χ4v) is 4.35. The molecule has 0 bridgehead atoms. The van der Waals surface area contributed by atoms with Crippen molar-refractivity contribution in [3.05, 3.63) is 59.3 Å². The molecule has 0 radical (unpaired) electrons. The van der Waals surface area contributed by atoms with Crippen LogP contribution in [0.15, 0.2) is 42.9 Å². The van der Waals surface area contributed by atoms with Gasteiger partial charge in [-0.15, -0.1) is 0 Å². The van der Waals surface area contributed by atoms with Crippen molar-refractivity contribution in [3.63, 3.8) is 0 Å². The molecule has 1 amide bonds. The molecule has 1 unspecified atom stereocenters. The number of carbonyl (C=O) groups is 2. The van der Waals surface area contributed by atoms with Gasteiger partial charge in [-0.1, -0.05) is 11.6 Å². The van der Waals surface area contributed by atoms with Gasteiger partial charge in [0.25, 0.3) is 5.91 Å². The van der Waals surface area contributed by atoms with Crippen LogP contribution in [-0.2, 0) is 4.79 Å². The molecule has 0 saturated carbocycles. The minimum absolute atomic E-state index is 0.0879. The van der Waals surface area contributed by atoms with Gasteiger partial charge in [-0.05, 0) is 50.1 Å². The highest BCUT2D eigenvalue weighted by atomic mass is 35.5. The molecule has 3 heterocycles. The summed E-state index contributed by atoms with van der Waals surface area (Å²) in [6.07, 6.45) is 6.44. The Morgan fingerprint density at radius 1 is 1.30 bits per heavy atom. The molecular formula is C25H26ClFN6O4. The number of carbonyl (C=O) groups excluding carboxylic acids is 1. The molecule has 1 saturated heterocycles. The van der Waals surface area contributed by atoms with Gasteiger partial charge in [-0.3, -0.25) is 19.5 Å². The number of ether oxygens (including phenoxy) is 1. The number of carboxylic acid groups (broad SMARTS) is 1. The average molecular weight is 529 g/mol. The lowest BCUT2D eigenvalue weighted by molar-refractivity contribution is -0.142. The van der Waals surface area contributed by atoms with Gasteiger partial charge in [0.15, 0.2) is 17.4 Å². The Morgan fingerprint density at radius 3 is 2.92 bits per heavy atom. The first kappa shape index (κ1) is 26.2. The summed E-state index contributed by atoms with van der Waals surface area (Å²) >= 11 is 6.02. The number of carboxylic acids is 1. The average Bonchev–Trinajstić information content (AvgIpc) is 3.37. The quantitative estimate of drug-likeness (QED) is 0.337. The van der Waals surface area contributed by atoms with E-state index in [2.05, 4.69) is 25.6 Å². The second-order valence-corrected chi connectivity index (χ2v) is 8.86. The van der Waals surface area contributed by atoms with Gasteiger partial charge in [0, 0.05) is 30.5 Å². The number of aliphatic carboxylic acids is 1. The van der Waals surface area contributed by atoms with Crippen LogP contribution in [0.5, 0.6) is 5.75 Å². The maximum Gasteiger partial charge on any atom is 0.320 e. The number of nitrogens with zero attached hydrogens (tertiary/aromatic N) is 4. The van der Waals surface area contributed by atoms with Crippen molar-refractivity contribution >= 4 is 35.0 Å². The summed E-state index contributed by atoms with van der Waals surface area (Å²) in [4.78, 5) is 38.8. The smallest absolute Gasteiger partial charge is 0.320 e. The molecule has 1 atom stereocenters. The Hall–Kier alpha value is -3.83. The predicted molar refractivity (Wildman–Crippen MR) is 136 cm³/mol. The Morgan fingerprint density at radius 2 is 2.14 bits per heavy atom. The van der Waals surface area contributed by atoms with E-state index in [4.69, 9.17) is 16.3 Å². The Balaban J connectivity index is 1.46. The van der Waals surface area contributed by atoms with E-state index in [0.29, 0.717) is 36.6 Å². The maximum absolute atomic E-state index is 14.4. The van der Waals surface area contributed by atoms with Gasteiger partial charge in [0.1, 0.15) is 11.9 Å².